The number of benzene rings is 1. The predicted octanol–water partition coefficient (Wildman–Crippen LogP) is 4.39. The Balaban J connectivity index is 0.00000256. The highest BCUT2D eigenvalue weighted by Crippen LogP contribution is 2.29. The number of nitrogens with one attached hydrogen (secondary N) is 1. The van der Waals surface area contributed by atoms with E-state index in [0.717, 1.165) is 49.1 Å². The fourth-order valence-electron chi connectivity index (χ4n) is 4.08. The largest absolute Gasteiger partial charge is 0.339 e. The van der Waals surface area contributed by atoms with Gasteiger partial charge in [-0.1, -0.05) is 35.0 Å². The van der Waals surface area contributed by atoms with Crippen LogP contribution in [-0.2, 0) is 0 Å². The first-order valence-electron chi connectivity index (χ1n) is 10.3. The number of rotatable bonds is 5. The molecule has 0 unspecified atom stereocenters. The topological polar surface area (TPSA) is 71.3 Å². The first-order chi connectivity index (χ1) is 14.1. The zero-order chi connectivity index (χ0) is 20.4. The van der Waals surface area contributed by atoms with Crippen LogP contribution in [0.2, 0.25) is 0 Å². The van der Waals surface area contributed by atoms with Crippen molar-refractivity contribution >= 4 is 29.4 Å². The van der Waals surface area contributed by atoms with Crippen LogP contribution in [0.15, 0.2) is 34.9 Å². The summed E-state index contributed by atoms with van der Waals surface area (Å²) < 4.78 is 5.44. The highest BCUT2D eigenvalue weighted by atomic mass is 35.5. The number of halogens is 1. The molecule has 160 valence electrons. The van der Waals surface area contributed by atoms with Gasteiger partial charge in [-0.15, -0.1) is 12.4 Å². The van der Waals surface area contributed by atoms with Crippen LogP contribution in [0, 0.1) is 19.8 Å². The molecule has 3 aromatic rings. The summed E-state index contributed by atoms with van der Waals surface area (Å²) in [5.74, 6) is 0.730. The van der Waals surface area contributed by atoms with Gasteiger partial charge in [0.05, 0.1) is 22.3 Å². The number of fused-ring (bicyclic) bond motifs is 1. The summed E-state index contributed by atoms with van der Waals surface area (Å²) in [5.41, 5.74) is 4.65. The van der Waals surface area contributed by atoms with Gasteiger partial charge in [0.25, 0.3) is 11.6 Å². The van der Waals surface area contributed by atoms with Gasteiger partial charge in [-0.25, -0.2) is 4.98 Å². The quantitative estimate of drug-likeness (QED) is 0.652. The number of likely N-dealkylation sites (tertiary alicyclic amines) is 1. The van der Waals surface area contributed by atoms with E-state index >= 15 is 0 Å². The Morgan fingerprint density at radius 2 is 1.90 bits per heavy atom. The lowest BCUT2D eigenvalue weighted by Crippen LogP contribution is -2.39. The lowest BCUT2D eigenvalue weighted by atomic mass is 9.93. The van der Waals surface area contributed by atoms with E-state index in [1.54, 1.807) is 0 Å². The van der Waals surface area contributed by atoms with E-state index in [-0.39, 0.29) is 18.3 Å². The van der Waals surface area contributed by atoms with Crippen molar-refractivity contribution in [2.45, 2.75) is 33.1 Å². The minimum absolute atomic E-state index is 0. The summed E-state index contributed by atoms with van der Waals surface area (Å²) in [4.78, 5) is 20.0. The lowest BCUT2D eigenvalue weighted by Gasteiger charge is -2.32. The van der Waals surface area contributed by atoms with Gasteiger partial charge in [0.2, 0.25) is 0 Å². The van der Waals surface area contributed by atoms with Gasteiger partial charge in [0.15, 0.2) is 0 Å². The van der Waals surface area contributed by atoms with E-state index in [1.807, 2.05) is 49.2 Å². The molecule has 1 amide bonds. The third-order valence-electron chi connectivity index (χ3n) is 5.90. The van der Waals surface area contributed by atoms with Crippen LogP contribution in [0.4, 0.5) is 0 Å². The normalized spacial score (nSPS) is 14.7. The molecule has 1 aliphatic heterocycles. The maximum Gasteiger partial charge on any atom is 0.259 e. The standard InChI is InChI=1S/C23H28N4O2.ClH/c1-15-4-6-18(7-5-15)20-14-19(21-16(2)26-29-22(21)25-20)23(28)27-12-9-17(10-13-27)8-11-24-3;/h4-7,14,17,24H,8-13H2,1-3H3;1H. The molecule has 1 fully saturated rings. The van der Waals surface area contributed by atoms with Crippen molar-refractivity contribution < 1.29 is 9.32 Å². The molecule has 7 heteroatoms. The van der Waals surface area contributed by atoms with Gasteiger partial charge in [0.1, 0.15) is 0 Å². The highest BCUT2D eigenvalue weighted by Gasteiger charge is 2.27. The van der Waals surface area contributed by atoms with E-state index in [2.05, 4.69) is 22.4 Å². The summed E-state index contributed by atoms with van der Waals surface area (Å²) in [6.45, 7) is 6.53. The molecule has 0 saturated carbocycles. The first-order valence-corrected chi connectivity index (χ1v) is 10.3. The smallest absolute Gasteiger partial charge is 0.259 e. The molecule has 1 aliphatic rings. The maximum atomic E-state index is 13.4. The molecule has 2 aromatic heterocycles. The Hall–Kier alpha value is -2.44. The van der Waals surface area contributed by atoms with Crippen molar-refractivity contribution in [2.24, 2.45) is 5.92 Å². The molecule has 3 heterocycles. The number of amides is 1. The number of hydrogen-bond donors (Lipinski definition) is 1. The Kier molecular flexibility index (Phi) is 7.10. The Morgan fingerprint density at radius 3 is 2.57 bits per heavy atom. The van der Waals surface area contributed by atoms with Crippen molar-refractivity contribution in [1.82, 2.24) is 20.4 Å². The van der Waals surface area contributed by atoms with Crippen LogP contribution in [-0.4, -0.2) is 47.6 Å². The molecule has 0 radical (unpaired) electrons. The molecule has 0 atom stereocenters. The van der Waals surface area contributed by atoms with E-state index < -0.39 is 0 Å². The van der Waals surface area contributed by atoms with Crippen molar-refractivity contribution in [3.8, 4) is 11.3 Å². The van der Waals surface area contributed by atoms with Crippen LogP contribution in [0.25, 0.3) is 22.4 Å². The number of nitrogens with zero attached hydrogens (tertiary/aromatic N) is 3. The van der Waals surface area contributed by atoms with Crippen molar-refractivity contribution in [3.63, 3.8) is 0 Å². The molecule has 4 rings (SSSR count). The average Bonchev–Trinajstić information content (AvgIpc) is 3.13. The summed E-state index contributed by atoms with van der Waals surface area (Å²) in [5, 5.41) is 8.01. The van der Waals surface area contributed by atoms with Gasteiger partial charge >= 0.3 is 0 Å². The van der Waals surface area contributed by atoms with Gasteiger partial charge in [-0.2, -0.15) is 0 Å². The molecule has 0 bridgehead atoms. The zero-order valence-electron chi connectivity index (χ0n) is 17.8. The molecule has 0 spiro atoms. The van der Waals surface area contributed by atoms with Crippen LogP contribution >= 0.6 is 12.4 Å². The molecule has 1 saturated heterocycles. The minimum Gasteiger partial charge on any atom is -0.339 e. The Labute approximate surface area is 183 Å². The molecule has 6 nitrogen and oxygen atoms in total. The van der Waals surface area contributed by atoms with Crippen molar-refractivity contribution in [3.05, 3.63) is 47.2 Å². The molecule has 30 heavy (non-hydrogen) atoms. The number of aromatic nitrogens is 2. The van der Waals surface area contributed by atoms with Crippen LogP contribution in [0.3, 0.4) is 0 Å². The van der Waals surface area contributed by atoms with Crippen LogP contribution in [0.5, 0.6) is 0 Å². The van der Waals surface area contributed by atoms with E-state index in [0.29, 0.717) is 22.9 Å². The summed E-state index contributed by atoms with van der Waals surface area (Å²) >= 11 is 0. The highest BCUT2D eigenvalue weighted by molar-refractivity contribution is 6.07. The van der Waals surface area contributed by atoms with Gasteiger partial charge < -0.3 is 14.7 Å². The molecular formula is C23H29ClN4O2. The number of carbonyl (C=O) groups is 1. The third-order valence-corrected chi connectivity index (χ3v) is 5.90. The molecule has 1 aromatic carbocycles. The molecule has 0 aliphatic carbocycles. The zero-order valence-corrected chi connectivity index (χ0v) is 18.6. The fourth-order valence-corrected chi connectivity index (χ4v) is 4.08. The van der Waals surface area contributed by atoms with Crippen molar-refractivity contribution in [1.29, 1.82) is 0 Å². The number of piperidine rings is 1. The van der Waals surface area contributed by atoms with E-state index in [9.17, 15) is 4.79 Å². The second kappa shape index (κ2) is 9.58. The Morgan fingerprint density at radius 1 is 1.20 bits per heavy atom. The Bertz CT molecular complexity index is 1010. The lowest BCUT2D eigenvalue weighted by molar-refractivity contribution is 0.0689. The predicted molar refractivity (Wildman–Crippen MR) is 121 cm³/mol. The fraction of sp³-hybridized carbons (Fsp3) is 0.435. The van der Waals surface area contributed by atoms with Gasteiger partial charge in [0, 0.05) is 18.7 Å². The number of carbonyl (C=O) groups excluding carboxylic acids is 1. The number of aryl methyl sites for hydroxylation is 2. The third kappa shape index (κ3) is 4.50. The minimum atomic E-state index is 0. The summed E-state index contributed by atoms with van der Waals surface area (Å²) in [7, 11) is 1.99. The maximum absolute atomic E-state index is 13.4. The average molecular weight is 429 g/mol. The van der Waals surface area contributed by atoms with E-state index in [4.69, 9.17) is 4.52 Å². The molecular weight excluding hydrogens is 400 g/mol. The van der Waals surface area contributed by atoms with Crippen LogP contribution in [0.1, 0.15) is 40.9 Å². The number of pyridine rings is 1. The second-order valence-electron chi connectivity index (χ2n) is 8.00. The number of hydrogen-bond acceptors (Lipinski definition) is 5. The van der Waals surface area contributed by atoms with Crippen LogP contribution < -0.4 is 5.32 Å². The van der Waals surface area contributed by atoms with Crippen molar-refractivity contribution in [2.75, 3.05) is 26.7 Å². The van der Waals surface area contributed by atoms with E-state index in [1.165, 1.54) is 12.0 Å². The molecule has 1 N–H and O–H groups in total. The van der Waals surface area contributed by atoms with Gasteiger partial charge in [-0.3, -0.25) is 4.79 Å². The second-order valence-corrected chi connectivity index (χ2v) is 8.00. The monoisotopic (exact) mass is 428 g/mol. The SMILES string of the molecule is CNCCC1CCN(C(=O)c2cc(-c3ccc(C)cc3)nc3onc(C)c23)CC1.Cl. The van der Waals surface area contributed by atoms with Gasteiger partial charge in [-0.05, 0) is 58.7 Å². The summed E-state index contributed by atoms with van der Waals surface area (Å²) in [6, 6.07) is 10.0. The first kappa shape index (κ1) is 22.2. The summed E-state index contributed by atoms with van der Waals surface area (Å²) in [6.07, 6.45) is 3.27.